The summed E-state index contributed by atoms with van der Waals surface area (Å²) >= 11 is 6.20. The standard InChI is InChI=1S/C23H27ClN4O2/c1-13-19(22(29)25-10-5-11-28(2)3)15-6-4-7-16(21(15)26-13)20-17-12-14(24)8-9-18(17)27-23(20)30/h8-9,12,26H,4-7,10-11H2,1-3H3,(H,25,29)(H,27,30). The van der Waals surface area contributed by atoms with Crippen LogP contribution in [0.15, 0.2) is 18.2 Å². The topological polar surface area (TPSA) is 77.2 Å². The first-order chi connectivity index (χ1) is 14.4. The van der Waals surface area contributed by atoms with E-state index in [1.165, 1.54) is 0 Å². The summed E-state index contributed by atoms with van der Waals surface area (Å²) in [4.78, 5) is 31.2. The minimum atomic E-state index is -0.114. The molecule has 0 bridgehead atoms. The van der Waals surface area contributed by atoms with Crippen molar-refractivity contribution in [3.05, 3.63) is 51.3 Å². The molecule has 2 aromatic rings. The second-order valence-corrected chi connectivity index (χ2v) is 8.68. The van der Waals surface area contributed by atoms with Crippen molar-refractivity contribution in [3.63, 3.8) is 0 Å². The molecule has 0 radical (unpaired) electrons. The zero-order valence-corrected chi connectivity index (χ0v) is 18.4. The Morgan fingerprint density at radius 1 is 1.27 bits per heavy atom. The average Bonchev–Trinajstić information content (AvgIpc) is 3.20. The minimum Gasteiger partial charge on any atom is -0.358 e. The number of nitrogens with one attached hydrogen (secondary N) is 3. The Bertz CT molecular complexity index is 1050. The van der Waals surface area contributed by atoms with Gasteiger partial charge in [0, 0.05) is 34.2 Å². The van der Waals surface area contributed by atoms with Crippen LogP contribution in [-0.2, 0) is 11.2 Å². The van der Waals surface area contributed by atoms with Crippen molar-refractivity contribution in [2.75, 3.05) is 32.5 Å². The number of carbonyl (C=O) groups is 2. The van der Waals surface area contributed by atoms with Crippen molar-refractivity contribution >= 4 is 40.2 Å². The van der Waals surface area contributed by atoms with Crippen LogP contribution in [-0.4, -0.2) is 48.9 Å². The number of rotatable bonds is 5. The number of halogens is 1. The quantitative estimate of drug-likeness (QED) is 0.502. The molecule has 0 saturated heterocycles. The molecule has 1 aliphatic heterocycles. The third kappa shape index (κ3) is 3.77. The maximum atomic E-state index is 12.9. The fourth-order valence-electron chi connectivity index (χ4n) is 4.43. The molecule has 1 aliphatic carbocycles. The number of hydrogen-bond donors (Lipinski definition) is 3. The smallest absolute Gasteiger partial charge is 0.256 e. The van der Waals surface area contributed by atoms with Gasteiger partial charge in [0.2, 0.25) is 0 Å². The molecule has 0 unspecified atom stereocenters. The van der Waals surface area contributed by atoms with Crippen molar-refractivity contribution in [2.45, 2.75) is 32.6 Å². The van der Waals surface area contributed by atoms with Crippen molar-refractivity contribution in [1.29, 1.82) is 0 Å². The average molecular weight is 427 g/mol. The number of hydrogen-bond acceptors (Lipinski definition) is 3. The van der Waals surface area contributed by atoms with E-state index in [1.807, 2.05) is 33.2 Å². The largest absolute Gasteiger partial charge is 0.358 e. The Labute approximate surface area is 181 Å². The highest BCUT2D eigenvalue weighted by atomic mass is 35.5. The van der Waals surface area contributed by atoms with Gasteiger partial charge in [0.05, 0.1) is 11.1 Å². The van der Waals surface area contributed by atoms with Gasteiger partial charge < -0.3 is 20.5 Å². The maximum Gasteiger partial charge on any atom is 0.256 e. The van der Waals surface area contributed by atoms with Crippen molar-refractivity contribution in [1.82, 2.24) is 15.2 Å². The fourth-order valence-corrected chi connectivity index (χ4v) is 4.61. The Hall–Kier alpha value is -2.57. The molecular weight excluding hydrogens is 400 g/mol. The summed E-state index contributed by atoms with van der Waals surface area (Å²) in [5.74, 6) is -0.161. The molecule has 1 aromatic carbocycles. The first-order valence-electron chi connectivity index (χ1n) is 10.4. The van der Waals surface area contributed by atoms with Crippen LogP contribution in [0, 0.1) is 6.92 Å². The van der Waals surface area contributed by atoms with Gasteiger partial charge in [-0.3, -0.25) is 9.59 Å². The summed E-state index contributed by atoms with van der Waals surface area (Å²) in [6.45, 7) is 3.49. The second-order valence-electron chi connectivity index (χ2n) is 8.24. The van der Waals surface area contributed by atoms with E-state index in [4.69, 9.17) is 11.6 Å². The molecule has 158 valence electrons. The van der Waals surface area contributed by atoms with E-state index in [1.54, 1.807) is 6.07 Å². The van der Waals surface area contributed by atoms with Crippen LogP contribution in [0.5, 0.6) is 0 Å². The van der Waals surface area contributed by atoms with Gasteiger partial charge in [0.1, 0.15) is 0 Å². The van der Waals surface area contributed by atoms with Gasteiger partial charge in [-0.2, -0.15) is 0 Å². The molecule has 2 aliphatic rings. The van der Waals surface area contributed by atoms with Gasteiger partial charge in [0.15, 0.2) is 0 Å². The number of aromatic amines is 1. The third-order valence-electron chi connectivity index (χ3n) is 5.77. The molecule has 4 rings (SSSR count). The van der Waals surface area contributed by atoms with Gasteiger partial charge in [-0.25, -0.2) is 0 Å². The highest BCUT2D eigenvalue weighted by Crippen LogP contribution is 2.43. The van der Waals surface area contributed by atoms with E-state index in [0.29, 0.717) is 17.1 Å². The van der Waals surface area contributed by atoms with Crippen molar-refractivity contribution in [2.24, 2.45) is 0 Å². The van der Waals surface area contributed by atoms with Crippen LogP contribution >= 0.6 is 11.6 Å². The summed E-state index contributed by atoms with van der Waals surface area (Å²) < 4.78 is 0. The lowest BCUT2D eigenvalue weighted by molar-refractivity contribution is -0.110. The van der Waals surface area contributed by atoms with Crippen LogP contribution < -0.4 is 10.6 Å². The molecule has 0 saturated carbocycles. The Morgan fingerprint density at radius 3 is 2.83 bits per heavy atom. The number of allylic oxidation sites excluding steroid dienone is 1. The summed E-state index contributed by atoms with van der Waals surface area (Å²) in [5, 5.41) is 6.58. The monoisotopic (exact) mass is 426 g/mol. The van der Waals surface area contributed by atoms with Gasteiger partial charge >= 0.3 is 0 Å². The molecule has 30 heavy (non-hydrogen) atoms. The van der Waals surface area contributed by atoms with Crippen molar-refractivity contribution in [3.8, 4) is 0 Å². The number of benzene rings is 1. The van der Waals surface area contributed by atoms with Gasteiger partial charge in [0.25, 0.3) is 11.8 Å². The van der Waals surface area contributed by atoms with E-state index in [-0.39, 0.29) is 11.8 Å². The molecule has 3 N–H and O–H groups in total. The number of carbonyl (C=O) groups excluding carboxylic acids is 2. The van der Waals surface area contributed by atoms with Gasteiger partial charge in [-0.15, -0.1) is 0 Å². The predicted molar refractivity (Wildman–Crippen MR) is 121 cm³/mol. The normalized spacial score (nSPS) is 17.7. The Morgan fingerprint density at radius 2 is 2.07 bits per heavy atom. The number of H-pyrrole nitrogens is 1. The number of amides is 2. The highest BCUT2D eigenvalue weighted by Gasteiger charge is 2.33. The van der Waals surface area contributed by atoms with Crippen LogP contribution in [0.2, 0.25) is 5.02 Å². The Balaban J connectivity index is 1.69. The van der Waals surface area contributed by atoms with E-state index in [0.717, 1.165) is 71.6 Å². The van der Waals surface area contributed by atoms with E-state index >= 15 is 0 Å². The van der Waals surface area contributed by atoms with Crippen molar-refractivity contribution < 1.29 is 9.59 Å². The number of anilines is 1. The number of fused-ring (bicyclic) bond motifs is 2. The number of nitrogens with zero attached hydrogens (tertiary/aromatic N) is 1. The first kappa shape index (κ1) is 20.7. The van der Waals surface area contributed by atoms with Gasteiger partial charge in [-0.05, 0) is 82.6 Å². The number of aromatic nitrogens is 1. The van der Waals surface area contributed by atoms with Crippen LogP contribution in [0.3, 0.4) is 0 Å². The van der Waals surface area contributed by atoms with E-state index in [2.05, 4.69) is 20.5 Å². The first-order valence-corrected chi connectivity index (χ1v) is 10.7. The summed E-state index contributed by atoms with van der Waals surface area (Å²) in [6, 6.07) is 5.44. The lowest BCUT2D eigenvalue weighted by Crippen LogP contribution is -2.28. The molecule has 1 aromatic heterocycles. The van der Waals surface area contributed by atoms with Crippen LogP contribution in [0.1, 0.15) is 52.1 Å². The third-order valence-corrected chi connectivity index (χ3v) is 6.00. The highest BCUT2D eigenvalue weighted by molar-refractivity contribution is 6.38. The summed E-state index contributed by atoms with van der Waals surface area (Å²) in [7, 11) is 4.04. The van der Waals surface area contributed by atoms with E-state index < -0.39 is 0 Å². The van der Waals surface area contributed by atoms with Crippen LogP contribution in [0.25, 0.3) is 11.1 Å². The summed E-state index contributed by atoms with van der Waals surface area (Å²) in [6.07, 6.45) is 3.40. The minimum absolute atomic E-state index is 0.0469. The molecule has 0 fully saturated rings. The van der Waals surface area contributed by atoms with Crippen LogP contribution in [0.4, 0.5) is 5.69 Å². The lowest BCUT2D eigenvalue weighted by Gasteiger charge is -2.18. The Kier molecular flexibility index (Phi) is 5.71. The zero-order chi connectivity index (χ0) is 21.4. The molecule has 0 atom stereocenters. The predicted octanol–water partition coefficient (Wildman–Crippen LogP) is 3.86. The summed E-state index contributed by atoms with van der Waals surface area (Å²) in [5.41, 5.74) is 6.72. The molecule has 0 spiro atoms. The number of aryl methyl sites for hydroxylation is 1. The SMILES string of the molecule is Cc1[nH]c2c(c1C(=O)NCCCN(C)C)CCCC2=C1C(=O)Nc2ccc(Cl)cc21. The molecular formula is C23H27ClN4O2. The molecule has 6 nitrogen and oxygen atoms in total. The second kappa shape index (κ2) is 8.28. The molecule has 2 amide bonds. The zero-order valence-electron chi connectivity index (χ0n) is 17.6. The fraction of sp³-hybridized carbons (Fsp3) is 0.391. The lowest BCUT2D eigenvalue weighted by atomic mass is 9.86. The van der Waals surface area contributed by atoms with Gasteiger partial charge in [-0.1, -0.05) is 11.6 Å². The molecule has 7 heteroatoms. The molecule has 2 heterocycles. The van der Waals surface area contributed by atoms with E-state index in [9.17, 15) is 9.59 Å². The maximum absolute atomic E-state index is 12.9.